The van der Waals surface area contributed by atoms with Gasteiger partial charge in [-0.15, -0.1) is 12.4 Å². The summed E-state index contributed by atoms with van der Waals surface area (Å²) >= 11 is 0. The third-order valence-electron chi connectivity index (χ3n) is 5.86. The highest BCUT2D eigenvalue weighted by Crippen LogP contribution is 2.19. The topological polar surface area (TPSA) is 74.3 Å². The third-order valence-corrected chi connectivity index (χ3v) is 5.86. The third kappa shape index (κ3) is 12.9. The molecule has 7 nitrogen and oxygen atoms in total. The van der Waals surface area contributed by atoms with Crippen LogP contribution < -0.4 is 0 Å². The first-order valence-electron chi connectivity index (χ1n) is 12.2. The van der Waals surface area contributed by atoms with Gasteiger partial charge in [0.25, 0.3) is 0 Å². The van der Waals surface area contributed by atoms with E-state index in [0.29, 0.717) is 32.4 Å². The molecule has 0 unspecified atom stereocenters. The van der Waals surface area contributed by atoms with Crippen molar-refractivity contribution >= 4 is 24.5 Å². The quantitative estimate of drug-likeness (QED) is 0.448. The Labute approximate surface area is 221 Å². The fraction of sp³-hybridized carbons (Fsp3) is 0.500. The number of carbonyl (C=O) groups excluding carboxylic acids is 2. The van der Waals surface area contributed by atoms with Gasteiger partial charge in [0, 0.05) is 27.7 Å². The number of benzene rings is 2. The van der Waals surface area contributed by atoms with Crippen LogP contribution in [-0.4, -0.2) is 56.5 Å². The Kier molecular flexibility index (Phi) is 16.3. The van der Waals surface area contributed by atoms with E-state index in [-0.39, 0.29) is 30.6 Å². The van der Waals surface area contributed by atoms with Crippen molar-refractivity contribution in [3.8, 4) is 0 Å². The SMILES string of the molecule is CC(=O)OCc1ccccc1.COC1CCCC1.CO[C@H]1CCN(C(=O)OCc2ccccc2)C1.Cl. The molecule has 0 radical (unpaired) electrons. The second kappa shape index (κ2) is 18.6. The number of esters is 1. The number of nitrogens with zero attached hydrogens (tertiary/aromatic N) is 1. The van der Waals surface area contributed by atoms with Gasteiger partial charge in [-0.05, 0) is 30.4 Å². The predicted molar refractivity (Wildman–Crippen MR) is 142 cm³/mol. The molecule has 1 amide bonds. The lowest BCUT2D eigenvalue weighted by molar-refractivity contribution is -0.142. The molecule has 1 saturated carbocycles. The molecule has 0 N–H and O–H groups in total. The van der Waals surface area contributed by atoms with Crippen LogP contribution in [0.3, 0.4) is 0 Å². The normalized spacial score (nSPS) is 16.5. The van der Waals surface area contributed by atoms with Crippen molar-refractivity contribution in [2.45, 2.75) is 64.4 Å². The van der Waals surface area contributed by atoms with Gasteiger partial charge in [0.1, 0.15) is 13.2 Å². The molecule has 1 atom stereocenters. The fourth-order valence-corrected chi connectivity index (χ4v) is 3.78. The molecule has 1 heterocycles. The van der Waals surface area contributed by atoms with Gasteiger partial charge in [0.15, 0.2) is 0 Å². The van der Waals surface area contributed by atoms with Crippen molar-refractivity contribution < 1.29 is 28.5 Å². The minimum Gasteiger partial charge on any atom is -0.461 e. The van der Waals surface area contributed by atoms with Crippen molar-refractivity contribution in [1.82, 2.24) is 4.90 Å². The second-order valence-electron chi connectivity index (χ2n) is 8.54. The number of ether oxygens (including phenoxy) is 4. The minimum absolute atomic E-state index is 0. The summed E-state index contributed by atoms with van der Waals surface area (Å²) < 4.78 is 20.3. The van der Waals surface area contributed by atoms with Crippen molar-refractivity contribution in [2.75, 3.05) is 27.3 Å². The highest BCUT2D eigenvalue weighted by atomic mass is 35.5. The Morgan fingerprint density at radius 2 is 1.28 bits per heavy atom. The van der Waals surface area contributed by atoms with Gasteiger partial charge in [-0.2, -0.15) is 0 Å². The van der Waals surface area contributed by atoms with Crippen molar-refractivity contribution in [3.05, 3.63) is 71.8 Å². The largest absolute Gasteiger partial charge is 0.461 e. The summed E-state index contributed by atoms with van der Waals surface area (Å²) in [5, 5.41) is 0. The van der Waals surface area contributed by atoms with Crippen LogP contribution in [0, 0.1) is 0 Å². The van der Waals surface area contributed by atoms with E-state index in [2.05, 4.69) is 0 Å². The van der Waals surface area contributed by atoms with Gasteiger partial charge in [-0.3, -0.25) is 4.79 Å². The van der Waals surface area contributed by atoms with Crippen LogP contribution in [0.2, 0.25) is 0 Å². The van der Waals surface area contributed by atoms with E-state index < -0.39 is 0 Å². The van der Waals surface area contributed by atoms with E-state index in [9.17, 15) is 9.59 Å². The summed E-state index contributed by atoms with van der Waals surface area (Å²) in [5.41, 5.74) is 2.02. The molecule has 8 heteroatoms. The van der Waals surface area contributed by atoms with Crippen molar-refractivity contribution in [2.24, 2.45) is 0 Å². The van der Waals surface area contributed by atoms with Crippen LogP contribution in [-0.2, 0) is 37.0 Å². The first-order chi connectivity index (χ1) is 17.0. The van der Waals surface area contributed by atoms with Crippen molar-refractivity contribution in [3.63, 3.8) is 0 Å². The zero-order valence-corrected chi connectivity index (χ0v) is 22.4. The Hall–Kier alpha value is -2.61. The zero-order valence-electron chi connectivity index (χ0n) is 21.6. The van der Waals surface area contributed by atoms with E-state index in [1.54, 1.807) is 19.1 Å². The molecule has 2 fully saturated rings. The molecular formula is C28H40ClNO6. The van der Waals surface area contributed by atoms with Crippen molar-refractivity contribution in [1.29, 1.82) is 0 Å². The first kappa shape index (κ1) is 31.4. The molecule has 1 saturated heterocycles. The summed E-state index contributed by atoms with van der Waals surface area (Å²) in [7, 11) is 3.47. The number of methoxy groups -OCH3 is 2. The summed E-state index contributed by atoms with van der Waals surface area (Å²) in [6, 6.07) is 19.3. The highest BCUT2D eigenvalue weighted by molar-refractivity contribution is 5.85. The van der Waals surface area contributed by atoms with Crippen LogP contribution in [0.4, 0.5) is 4.79 Å². The van der Waals surface area contributed by atoms with E-state index in [1.807, 2.05) is 60.7 Å². The lowest BCUT2D eigenvalue weighted by atomic mass is 10.2. The van der Waals surface area contributed by atoms with Gasteiger partial charge in [0.05, 0.1) is 18.8 Å². The Morgan fingerprint density at radius 3 is 1.69 bits per heavy atom. The maximum atomic E-state index is 11.7. The molecule has 4 rings (SSSR count). The first-order valence-corrected chi connectivity index (χ1v) is 12.2. The Morgan fingerprint density at radius 1 is 0.778 bits per heavy atom. The molecule has 0 spiro atoms. The van der Waals surface area contributed by atoms with E-state index >= 15 is 0 Å². The average molecular weight is 522 g/mol. The lowest BCUT2D eigenvalue weighted by Gasteiger charge is -2.15. The molecule has 1 aliphatic carbocycles. The van der Waals surface area contributed by atoms with Crippen LogP contribution in [0.1, 0.15) is 50.2 Å². The Bertz CT molecular complexity index is 846. The lowest BCUT2D eigenvalue weighted by Crippen LogP contribution is -2.30. The molecule has 1 aliphatic heterocycles. The van der Waals surface area contributed by atoms with Crippen LogP contribution in [0.25, 0.3) is 0 Å². The number of carbonyl (C=O) groups is 2. The fourth-order valence-electron chi connectivity index (χ4n) is 3.78. The van der Waals surface area contributed by atoms with Gasteiger partial charge in [0.2, 0.25) is 0 Å². The molecule has 0 aromatic heterocycles. The number of hydrogen-bond acceptors (Lipinski definition) is 6. The molecule has 200 valence electrons. The second-order valence-corrected chi connectivity index (χ2v) is 8.54. The number of halogens is 1. The molecule has 2 aromatic carbocycles. The van der Waals surface area contributed by atoms with Gasteiger partial charge >= 0.3 is 12.1 Å². The maximum Gasteiger partial charge on any atom is 0.410 e. The summed E-state index contributed by atoms with van der Waals surface area (Å²) in [6.45, 7) is 3.45. The van der Waals surface area contributed by atoms with Crippen LogP contribution >= 0.6 is 12.4 Å². The number of amides is 1. The van der Waals surface area contributed by atoms with Crippen LogP contribution in [0.5, 0.6) is 0 Å². The van der Waals surface area contributed by atoms with E-state index in [1.165, 1.54) is 32.6 Å². The zero-order chi connectivity index (χ0) is 25.3. The van der Waals surface area contributed by atoms with E-state index in [0.717, 1.165) is 17.5 Å². The highest BCUT2D eigenvalue weighted by Gasteiger charge is 2.26. The number of likely N-dealkylation sites (tertiary alicyclic amines) is 1. The molecule has 36 heavy (non-hydrogen) atoms. The van der Waals surface area contributed by atoms with Gasteiger partial charge in [-0.25, -0.2) is 4.79 Å². The standard InChI is InChI=1S/C13H17NO3.C9H10O2.C6H12O.ClH/c1-16-12-7-8-14(9-12)13(15)17-10-11-5-3-2-4-6-11;1-8(10)11-7-9-5-3-2-4-6-9;1-7-6-4-2-3-5-6;/h2-6,12H,7-10H2,1H3;2-6H,7H2,1H3;6H,2-5H2,1H3;1H/t12-;;;/m0.../s1. The molecular weight excluding hydrogens is 482 g/mol. The summed E-state index contributed by atoms with van der Waals surface area (Å²) in [6.07, 6.45) is 6.70. The molecule has 0 bridgehead atoms. The average Bonchev–Trinajstić information content (AvgIpc) is 3.60. The Balaban J connectivity index is 0.000000293. The predicted octanol–water partition coefficient (Wildman–Crippen LogP) is 5.79. The smallest absolute Gasteiger partial charge is 0.410 e. The molecule has 2 aliphatic rings. The number of rotatable bonds is 6. The van der Waals surface area contributed by atoms with Gasteiger partial charge < -0.3 is 23.8 Å². The summed E-state index contributed by atoms with van der Waals surface area (Å²) in [4.78, 5) is 23.8. The number of hydrogen-bond donors (Lipinski definition) is 0. The molecule has 2 aromatic rings. The van der Waals surface area contributed by atoms with E-state index in [4.69, 9.17) is 18.9 Å². The van der Waals surface area contributed by atoms with Gasteiger partial charge in [-0.1, -0.05) is 73.5 Å². The summed E-state index contributed by atoms with van der Waals surface area (Å²) in [5.74, 6) is -0.242. The van der Waals surface area contributed by atoms with Crippen LogP contribution in [0.15, 0.2) is 60.7 Å². The maximum absolute atomic E-state index is 11.7. The minimum atomic E-state index is -0.256. The monoisotopic (exact) mass is 521 g/mol.